The molecule has 44 heavy (non-hydrogen) atoms. The molecule has 1 aliphatic heterocycles. The summed E-state index contributed by atoms with van der Waals surface area (Å²) in [7, 11) is 3.31. The van der Waals surface area contributed by atoms with Gasteiger partial charge in [-0.25, -0.2) is 0 Å². The van der Waals surface area contributed by atoms with E-state index in [-0.39, 0.29) is 28.9 Å². The Labute approximate surface area is 275 Å². The van der Waals surface area contributed by atoms with Gasteiger partial charge in [0.1, 0.15) is 12.5 Å². The molecule has 0 saturated carbocycles. The van der Waals surface area contributed by atoms with Gasteiger partial charge in [-0.2, -0.15) is 0 Å². The summed E-state index contributed by atoms with van der Waals surface area (Å²) in [4.78, 5) is 11.8. The molecule has 0 bridgehead atoms. The zero-order valence-corrected chi connectivity index (χ0v) is 29.6. The van der Waals surface area contributed by atoms with E-state index in [9.17, 15) is 9.90 Å². The van der Waals surface area contributed by atoms with Crippen LogP contribution in [0.1, 0.15) is 91.0 Å². The summed E-state index contributed by atoms with van der Waals surface area (Å²) < 4.78 is 27.7. The number of carbonyl (C=O) groups is 1. The Balaban J connectivity index is 1.79. The van der Waals surface area contributed by atoms with Gasteiger partial charge >= 0.3 is 5.97 Å². The normalized spacial score (nSPS) is 17.3. The molecule has 0 aromatic heterocycles. The maximum absolute atomic E-state index is 11.8. The molecule has 1 saturated heterocycles. The summed E-state index contributed by atoms with van der Waals surface area (Å²) in [6, 6.07) is 7.92. The van der Waals surface area contributed by atoms with Crippen molar-refractivity contribution in [3.05, 3.63) is 42.0 Å². The summed E-state index contributed by atoms with van der Waals surface area (Å²) in [5.41, 5.74) is 0.669. The third-order valence-electron chi connectivity index (χ3n) is 7.70. The van der Waals surface area contributed by atoms with Crippen molar-refractivity contribution in [2.75, 3.05) is 45.7 Å². The number of carbonyl (C=O) groups excluding carboxylic acids is 1. The van der Waals surface area contributed by atoms with Crippen LogP contribution in [0, 0.1) is 11.3 Å². The first kappa shape index (κ1) is 39.0. The number of thioether (sulfide) groups is 2. The Morgan fingerprint density at radius 3 is 2.39 bits per heavy atom. The zero-order valence-electron chi connectivity index (χ0n) is 28.0. The fourth-order valence-electron chi connectivity index (χ4n) is 4.94. The first-order chi connectivity index (χ1) is 21.1. The molecule has 1 aromatic carbocycles. The van der Waals surface area contributed by atoms with Crippen LogP contribution in [0.3, 0.4) is 0 Å². The van der Waals surface area contributed by atoms with Crippen LogP contribution in [0.15, 0.2) is 36.4 Å². The molecule has 0 amide bonds. The molecule has 0 aliphatic carbocycles. The number of unbranched alkanes of at least 4 members (excludes halogenated alkanes) is 4. The molecule has 7 nitrogen and oxygen atoms in total. The molecule has 9 heteroatoms. The maximum Gasteiger partial charge on any atom is 0.311 e. The number of esters is 1. The second-order valence-electron chi connectivity index (χ2n) is 12.7. The van der Waals surface area contributed by atoms with Crippen LogP contribution in [-0.2, 0) is 30.3 Å². The Morgan fingerprint density at radius 1 is 1.02 bits per heavy atom. The standard InChI is InChI=1S/C35H58O7S2/c1-28(15-12-10-8-7-9-11-13-21-41-33(37)34(2,3)4)32(36)35(43-23-14-24-44-35)25-31(42-27-38-5)20-22-40-26-29-16-18-30(39-6)19-17-29/h10,12,16-19,28,31-32,36H,7-9,11,13-15,20-27H2,1-6H3/b12-10+/t28-,31-,32?/m0/s1. The first-order valence-electron chi connectivity index (χ1n) is 16.2. The van der Waals surface area contributed by atoms with Gasteiger partial charge in [0.15, 0.2) is 0 Å². The Morgan fingerprint density at radius 2 is 1.73 bits per heavy atom. The molecule has 0 spiro atoms. The van der Waals surface area contributed by atoms with E-state index in [1.54, 1.807) is 14.2 Å². The van der Waals surface area contributed by atoms with E-state index in [2.05, 4.69) is 19.1 Å². The van der Waals surface area contributed by atoms with E-state index in [4.69, 9.17) is 23.7 Å². The third kappa shape index (κ3) is 14.9. The molecule has 2 rings (SSSR count). The minimum absolute atomic E-state index is 0.0710. The van der Waals surface area contributed by atoms with Crippen LogP contribution in [0.2, 0.25) is 0 Å². The lowest BCUT2D eigenvalue weighted by Crippen LogP contribution is -2.45. The van der Waals surface area contributed by atoms with Gasteiger partial charge in [-0.3, -0.25) is 4.79 Å². The predicted molar refractivity (Wildman–Crippen MR) is 183 cm³/mol. The van der Waals surface area contributed by atoms with E-state index in [0.29, 0.717) is 19.8 Å². The van der Waals surface area contributed by atoms with E-state index in [1.165, 1.54) is 0 Å². The smallest absolute Gasteiger partial charge is 0.311 e. The van der Waals surface area contributed by atoms with E-state index < -0.39 is 11.5 Å². The summed E-state index contributed by atoms with van der Waals surface area (Å²) in [5.74, 6) is 2.94. The lowest BCUT2D eigenvalue weighted by atomic mass is 9.93. The van der Waals surface area contributed by atoms with Crippen LogP contribution in [-0.4, -0.2) is 73.1 Å². The number of allylic oxidation sites excluding steroid dienone is 2. The van der Waals surface area contributed by atoms with Gasteiger partial charge in [-0.1, -0.05) is 44.1 Å². The van der Waals surface area contributed by atoms with Gasteiger partial charge in [-0.05, 0) is 94.4 Å². The van der Waals surface area contributed by atoms with Gasteiger partial charge in [0.2, 0.25) is 0 Å². The highest BCUT2D eigenvalue weighted by atomic mass is 32.2. The van der Waals surface area contributed by atoms with E-state index >= 15 is 0 Å². The predicted octanol–water partition coefficient (Wildman–Crippen LogP) is 8.03. The van der Waals surface area contributed by atoms with Crippen molar-refractivity contribution in [1.29, 1.82) is 0 Å². The second kappa shape index (κ2) is 21.5. The van der Waals surface area contributed by atoms with Crippen molar-refractivity contribution >= 4 is 29.5 Å². The maximum atomic E-state index is 11.8. The highest BCUT2D eigenvalue weighted by Crippen LogP contribution is 2.50. The van der Waals surface area contributed by atoms with Crippen LogP contribution >= 0.6 is 23.5 Å². The van der Waals surface area contributed by atoms with Crippen LogP contribution < -0.4 is 4.74 Å². The lowest BCUT2D eigenvalue weighted by Gasteiger charge is -2.44. The van der Waals surface area contributed by atoms with Crippen LogP contribution in [0.25, 0.3) is 0 Å². The van der Waals surface area contributed by atoms with Gasteiger partial charge < -0.3 is 28.8 Å². The molecular weight excluding hydrogens is 597 g/mol. The number of hydrogen-bond acceptors (Lipinski definition) is 9. The summed E-state index contributed by atoms with van der Waals surface area (Å²) in [6.45, 7) is 9.64. The molecule has 1 heterocycles. The quantitative estimate of drug-likeness (QED) is 0.0578. The van der Waals surface area contributed by atoms with Crippen molar-refractivity contribution in [1.82, 2.24) is 0 Å². The van der Waals surface area contributed by atoms with Gasteiger partial charge in [0.05, 0.1) is 42.0 Å². The van der Waals surface area contributed by atoms with Crippen molar-refractivity contribution in [3.63, 3.8) is 0 Å². The number of aliphatic hydroxyl groups is 1. The van der Waals surface area contributed by atoms with Crippen molar-refractivity contribution in [3.8, 4) is 5.75 Å². The topological polar surface area (TPSA) is 83.5 Å². The molecule has 1 unspecified atom stereocenters. The van der Waals surface area contributed by atoms with Crippen molar-refractivity contribution < 1.29 is 33.6 Å². The number of hydrogen-bond donors (Lipinski definition) is 1. The molecule has 3 atom stereocenters. The Hall–Kier alpha value is -1.23. The average molecular weight is 655 g/mol. The summed E-state index contributed by atoms with van der Waals surface area (Å²) in [6.07, 6.45) is 12.7. The monoisotopic (exact) mass is 654 g/mol. The number of rotatable bonds is 22. The van der Waals surface area contributed by atoms with Gasteiger partial charge in [-0.15, -0.1) is 23.5 Å². The molecule has 252 valence electrons. The molecule has 0 radical (unpaired) electrons. The third-order valence-corrected chi connectivity index (χ3v) is 11.2. The number of ether oxygens (including phenoxy) is 5. The molecule has 1 fully saturated rings. The highest BCUT2D eigenvalue weighted by Gasteiger charge is 2.44. The average Bonchev–Trinajstić information content (AvgIpc) is 3.02. The SMILES string of the molecule is COCO[C@@H](CCOCc1ccc(OC)cc1)CC1(C(O)[C@@H](C)C/C=C/CCCCCCOC(=O)C(C)(C)C)SCCCS1. The van der Waals surface area contributed by atoms with Gasteiger partial charge in [0.25, 0.3) is 0 Å². The molecular formula is C35H58O7S2. The van der Waals surface area contributed by atoms with Crippen molar-refractivity contribution in [2.24, 2.45) is 11.3 Å². The van der Waals surface area contributed by atoms with Crippen molar-refractivity contribution in [2.45, 2.75) is 108 Å². The zero-order chi connectivity index (χ0) is 32.3. The fourth-order valence-corrected chi connectivity index (χ4v) is 8.64. The Kier molecular flexibility index (Phi) is 19.1. The highest BCUT2D eigenvalue weighted by molar-refractivity contribution is 8.18. The Bertz CT molecular complexity index is 926. The van der Waals surface area contributed by atoms with Crippen LogP contribution in [0.5, 0.6) is 5.75 Å². The minimum Gasteiger partial charge on any atom is -0.497 e. The van der Waals surface area contributed by atoms with Gasteiger partial charge in [0, 0.05) is 20.1 Å². The van der Waals surface area contributed by atoms with E-state index in [1.807, 2.05) is 68.6 Å². The first-order valence-corrected chi connectivity index (χ1v) is 18.2. The molecule has 1 aromatic rings. The largest absolute Gasteiger partial charge is 0.497 e. The number of methoxy groups -OCH3 is 2. The summed E-state index contributed by atoms with van der Waals surface area (Å²) >= 11 is 3.78. The minimum atomic E-state index is -0.452. The van der Waals surface area contributed by atoms with E-state index in [0.717, 1.165) is 80.6 Å². The number of benzene rings is 1. The van der Waals surface area contributed by atoms with Crippen LogP contribution in [0.4, 0.5) is 0 Å². The number of aliphatic hydroxyl groups excluding tert-OH is 1. The second-order valence-corrected chi connectivity index (χ2v) is 15.8. The fraction of sp³-hybridized carbons (Fsp3) is 0.743. The molecule has 1 aliphatic rings. The molecule has 1 N–H and O–H groups in total. The lowest BCUT2D eigenvalue weighted by molar-refractivity contribution is -0.153. The summed E-state index contributed by atoms with van der Waals surface area (Å²) in [5, 5.41) is 11.7.